The summed E-state index contributed by atoms with van der Waals surface area (Å²) < 4.78 is 118. The maximum Gasteiger partial charge on any atom is 0.573 e. The van der Waals surface area contributed by atoms with Gasteiger partial charge in [-0.05, 0) is 30.3 Å². The number of hydrogen-bond acceptors (Lipinski definition) is 3. The second-order valence-electron chi connectivity index (χ2n) is 5.73. The van der Waals surface area contributed by atoms with Crippen LogP contribution in [-0.2, 0) is 12.4 Å². The van der Waals surface area contributed by atoms with Crippen LogP contribution in [0.3, 0.4) is 0 Å². The fourth-order valence-electron chi connectivity index (χ4n) is 2.41. The van der Waals surface area contributed by atoms with Crippen LogP contribution in [0.1, 0.15) is 11.1 Å². The van der Waals surface area contributed by atoms with Crippen molar-refractivity contribution in [2.45, 2.75) is 18.7 Å². The lowest BCUT2D eigenvalue weighted by molar-refractivity contribution is -0.274. The van der Waals surface area contributed by atoms with Gasteiger partial charge in [-0.1, -0.05) is 0 Å². The fourth-order valence-corrected chi connectivity index (χ4v) is 2.41. The minimum Gasteiger partial charge on any atom is -0.406 e. The first kappa shape index (κ1) is 20.6. The molecule has 3 rings (SSSR count). The summed E-state index contributed by atoms with van der Waals surface area (Å²) >= 11 is 0. The molecule has 4 nitrogen and oxygen atoms in total. The molecule has 0 amide bonds. The average Bonchev–Trinajstić information content (AvgIpc) is 2.92. The maximum atomic E-state index is 12.9. The molecule has 0 saturated carbocycles. The molecule has 0 unspecified atom stereocenters. The molecule has 1 heterocycles. The van der Waals surface area contributed by atoms with Crippen LogP contribution in [-0.4, -0.2) is 16.3 Å². The summed E-state index contributed by atoms with van der Waals surface area (Å²) in [5, 5.41) is 2.26. The normalized spacial score (nSPS) is 13.0. The van der Waals surface area contributed by atoms with E-state index in [4.69, 9.17) is 0 Å². The van der Waals surface area contributed by atoms with E-state index in [1.54, 1.807) is 0 Å². The van der Waals surface area contributed by atoms with E-state index in [1.807, 2.05) is 0 Å². The number of halogens is 9. The van der Waals surface area contributed by atoms with Crippen LogP contribution in [0.4, 0.5) is 51.1 Å². The molecule has 0 saturated heterocycles. The molecule has 2 aromatic carbocycles. The van der Waals surface area contributed by atoms with Crippen molar-refractivity contribution in [3.63, 3.8) is 0 Å². The number of nitrogens with one attached hydrogen (secondary N) is 2. The first-order valence-corrected chi connectivity index (χ1v) is 7.53. The number of rotatable bonds is 3. The second kappa shape index (κ2) is 6.74. The van der Waals surface area contributed by atoms with Gasteiger partial charge in [-0.25, -0.2) is 4.98 Å². The van der Waals surface area contributed by atoms with E-state index >= 15 is 0 Å². The van der Waals surface area contributed by atoms with Crippen LogP contribution >= 0.6 is 0 Å². The predicted octanol–water partition coefficient (Wildman–Crippen LogP) is 6.24. The van der Waals surface area contributed by atoms with Crippen molar-refractivity contribution < 1.29 is 44.3 Å². The van der Waals surface area contributed by atoms with Gasteiger partial charge in [0.25, 0.3) is 0 Å². The standard InChI is InChI=1S/C16H8F9N3O/c17-14(18,19)7-3-8(15(20,21)22)5-9(4-7)26-13-27-11-2-1-10(6-12(11)28-13)29-16(23,24)25/h1-6H,(H2,26,27,28). The van der Waals surface area contributed by atoms with Gasteiger partial charge in [0.05, 0.1) is 22.2 Å². The highest BCUT2D eigenvalue weighted by molar-refractivity contribution is 5.80. The topological polar surface area (TPSA) is 49.9 Å². The van der Waals surface area contributed by atoms with Crippen LogP contribution in [0.25, 0.3) is 11.0 Å². The lowest BCUT2D eigenvalue weighted by atomic mass is 10.1. The molecule has 3 aromatic rings. The predicted molar refractivity (Wildman–Crippen MR) is 82.5 cm³/mol. The molecule has 29 heavy (non-hydrogen) atoms. The molecular weight excluding hydrogens is 421 g/mol. The Kier molecular flexibility index (Phi) is 4.79. The van der Waals surface area contributed by atoms with Crippen molar-refractivity contribution in [2.75, 3.05) is 5.32 Å². The summed E-state index contributed by atoms with van der Waals surface area (Å²) in [5.74, 6) is -0.866. The van der Waals surface area contributed by atoms with E-state index in [0.717, 1.165) is 18.2 Å². The van der Waals surface area contributed by atoms with Crippen LogP contribution < -0.4 is 10.1 Å². The van der Waals surface area contributed by atoms with Crippen LogP contribution in [0, 0.1) is 0 Å². The Morgan fingerprint density at radius 1 is 0.793 bits per heavy atom. The summed E-state index contributed by atoms with van der Waals surface area (Å²) in [7, 11) is 0. The molecule has 0 aliphatic carbocycles. The number of alkyl halides is 9. The fraction of sp³-hybridized carbons (Fsp3) is 0.188. The van der Waals surface area contributed by atoms with Gasteiger partial charge in [0.2, 0.25) is 5.95 Å². The Morgan fingerprint density at radius 2 is 1.38 bits per heavy atom. The van der Waals surface area contributed by atoms with Gasteiger partial charge in [-0.15, -0.1) is 13.2 Å². The molecule has 1 aromatic heterocycles. The second-order valence-corrected chi connectivity index (χ2v) is 5.73. The first-order chi connectivity index (χ1) is 13.2. The summed E-state index contributed by atoms with van der Waals surface area (Å²) in [5.41, 5.74) is -3.53. The molecule has 0 atom stereocenters. The number of benzene rings is 2. The number of aromatic amines is 1. The van der Waals surface area contributed by atoms with Crippen LogP contribution in [0.5, 0.6) is 5.75 Å². The lowest BCUT2D eigenvalue weighted by Gasteiger charge is -2.14. The van der Waals surface area contributed by atoms with Crippen molar-refractivity contribution in [2.24, 2.45) is 0 Å². The van der Waals surface area contributed by atoms with Crippen molar-refractivity contribution in [3.8, 4) is 5.75 Å². The average molecular weight is 429 g/mol. The Hall–Kier alpha value is -3.12. The molecule has 0 aliphatic rings. The Morgan fingerprint density at radius 3 is 1.90 bits per heavy atom. The number of nitrogens with zero attached hydrogens (tertiary/aromatic N) is 1. The van der Waals surface area contributed by atoms with Gasteiger partial charge < -0.3 is 15.0 Å². The summed E-state index contributed by atoms with van der Waals surface area (Å²) in [4.78, 5) is 6.32. The highest BCUT2D eigenvalue weighted by Gasteiger charge is 2.37. The number of aromatic nitrogens is 2. The third kappa shape index (κ3) is 5.03. The van der Waals surface area contributed by atoms with Gasteiger partial charge in [-0.2, -0.15) is 26.3 Å². The zero-order valence-electron chi connectivity index (χ0n) is 13.7. The van der Waals surface area contributed by atoms with Gasteiger partial charge >= 0.3 is 18.7 Å². The molecule has 0 spiro atoms. The number of imidazole rings is 1. The minimum absolute atomic E-state index is 0.0114. The number of ether oxygens (including phenoxy) is 1. The summed E-state index contributed by atoms with van der Waals surface area (Å²) in [6, 6.07) is 3.86. The molecule has 0 fully saturated rings. The SMILES string of the molecule is FC(F)(F)Oc1ccc2nc(Nc3cc(C(F)(F)F)cc(C(F)(F)F)c3)[nH]c2c1. The van der Waals surface area contributed by atoms with E-state index in [1.165, 1.54) is 0 Å². The first-order valence-electron chi connectivity index (χ1n) is 7.53. The van der Waals surface area contributed by atoms with E-state index < -0.39 is 41.3 Å². The number of hydrogen-bond donors (Lipinski definition) is 2. The third-order valence-corrected chi connectivity index (χ3v) is 3.54. The molecular formula is C16H8F9N3O. The van der Waals surface area contributed by atoms with Crippen LogP contribution in [0.15, 0.2) is 36.4 Å². The van der Waals surface area contributed by atoms with Gasteiger partial charge in [0, 0.05) is 11.8 Å². The Balaban J connectivity index is 1.95. The molecule has 13 heteroatoms. The smallest absolute Gasteiger partial charge is 0.406 e. The van der Waals surface area contributed by atoms with Gasteiger partial charge in [0.1, 0.15) is 5.75 Å². The van der Waals surface area contributed by atoms with E-state index in [2.05, 4.69) is 20.0 Å². The largest absolute Gasteiger partial charge is 0.573 e. The highest BCUT2D eigenvalue weighted by atomic mass is 19.4. The quantitative estimate of drug-likeness (QED) is 0.485. The minimum atomic E-state index is -5.03. The van der Waals surface area contributed by atoms with Gasteiger partial charge in [-0.3, -0.25) is 0 Å². The molecule has 2 N–H and O–H groups in total. The molecule has 156 valence electrons. The van der Waals surface area contributed by atoms with E-state index in [9.17, 15) is 39.5 Å². The third-order valence-electron chi connectivity index (χ3n) is 3.54. The lowest BCUT2D eigenvalue weighted by Crippen LogP contribution is -2.16. The highest BCUT2D eigenvalue weighted by Crippen LogP contribution is 2.38. The van der Waals surface area contributed by atoms with Gasteiger partial charge in [0.15, 0.2) is 0 Å². The number of H-pyrrole nitrogens is 1. The van der Waals surface area contributed by atoms with Crippen molar-refractivity contribution >= 4 is 22.7 Å². The number of fused-ring (bicyclic) bond motifs is 1. The van der Waals surface area contributed by atoms with Crippen molar-refractivity contribution in [1.82, 2.24) is 9.97 Å². The maximum absolute atomic E-state index is 12.9. The van der Waals surface area contributed by atoms with E-state index in [0.29, 0.717) is 12.1 Å². The Labute approximate surface area is 155 Å². The summed E-state index contributed by atoms with van der Waals surface area (Å²) in [6.45, 7) is 0. The van der Waals surface area contributed by atoms with Crippen molar-refractivity contribution in [3.05, 3.63) is 47.5 Å². The Bertz CT molecular complexity index is 1000. The number of anilines is 2. The summed E-state index contributed by atoms with van der Waals surface area (Å²) in [6.07, 6.45) is -15.0. The van der Waals surface area contributed by atoms with Crippen molar-refractivity contribution in [1.29, 1.82) is 0 Å². The monoisotopic (exact) mass is 429 g/mol. The van der Waals surface area contributed by atoms with E-state index in [-0.39, 0.29) is 23.0 Å². The molecule has 0 bridgehead atoms. The van der Waals surface area contributed by atoms with Crippen LogP contribution in [0.2, 0.25) is 0 Å². The molecule has 0 aliphatic heterocycles. The zero-order chi connectivity index (χ0) is 21.6. The molecule has 0 radical (unpaired) electrons. The zero-order valence-corrected chi connectivity index (χ0v) is 13.7.